The molecule has 1 aliphatic rings. The number of amides is 2. The second-order valence-electron chi connectivity index (χ2n) is 8.60. The normalized spacial score (nSPS) is 12.1. The van der Waals surface area contributed by atoms with Gasteiger partial charge in [-0.05, 0) is 66.9 Å². The van der Waals surface area contributed by atoms with Crippen LogP contribution in [0.1, 0.15) is 22.3 Å². The number of ether oxygens (including phenoxy) is 2. The fourth-order valence-corrected chi connectivity index (χ4v) is 4.36. The monoisotopic (exact) mass is 489 g/mol. The topological polar surface area (TPSA) is 83.7 Å². The van der Waals surface area contributed by atoms with Crippen molar-refractivity contribution >= 4 is 34.2 Å². The Morgan fingerprint density at radius 1 is 1.00 bits per heavy atom. The largest absolute Gasteiger partial charge is 0.454 e. The third-order valence-corrected chi connectivity index (χ3v) is 6.29. The number of nitrogens with one attached hydrogen (secondary N) is 2. The Bertz CT molecular complexity index is 1500. The first-order valence-corrected chi connectivity index (χ1v) is 11.6. The number of aromatic amines is 1. The summed E-state index contributed by atoms with van der Waals surface area (Å²) in [4.78, 5) is 30.9. The number of halogens is 1. The molecule has 7 nitrogen and oxygen atoms in total. The SMILES string of the molecule is Cc1ccc(C)c2[nH]c(=O)c(CN(Cc3ccc4c(c3)OCO4)C(=O)Nc3cccc(Cl)c3)cc12. The van der Waals surface area contributed by atoms with Crippen molar-refractivity contribution in [2.24, 2.45) is 0 Å². The fraction of sp³-hybridized carbons (Fsp3) is 0.185. The van der Waals surface area contributed by atoms with E-state index < -0.39 is 0 Å². The molecule has 35 heavy (non-hydrogen) atoms. The van der Waals surface area contributed by atoms with Crippen LogP contribution in [0.15, 0.2) is 65.5 Å². The summed E-state index contributed by atoms with van der Waals surface area (Å²) in [5.74, 6) is 1.30. The molecule has 0 saturated heterocycles. The number of nitrogens with zero attached hydrogens (tertiary/aromatic N) is 1. The first-order valence-electron chi connectivity index (χ1n) is 11.2. The van der Waals surface area contributed by atoms with Crippen LogP contribution in [0.2, 0.25) is 5.02 Å². The van der Waals surface area contributed by atoms with Crippen LogP contribution in [0.25, 0.3) is 10.9 Å². The molecule has 0 bridgehead atoms. The van der Waals surface area contributed by atoms with E-state index in [1.54, 1.807) is 29.2 Å². The molecule has 0 aliphatic carbocycles. The van der Waals surface area contributed by atoms with Crippen molar-refractivity contribution in [3.05, 3.63) is 98.3 Å². The molecule has 1 aliphatic heterocycles. The number of rotatable bonds is 5. The van der Waals surface area contributed by atoms with Crippen molar-refractivity contribution < 1.29 is 14.3 Å². The molecule has 178 valence electrons. The molecule has 2 amide bonds. The minimum Gasteiger partial charge on any atom is -0.454 e. The van der Waals surface area contributed by atoms with E-state index in [4.69, 9.17) is 21.1 Å². The summed E-state index contributed by atoms with van der Waals surface area (Å²) >= 11 is 6.09. The van der Waals surface area contributed by atoms with E-state index in [0.29, 0.717) is 27.8 Å². The third kappa shape index (κ3) is 4.81. The van der Waals surface area contributed by atoms with Crippen molar-refractivity contribution in [1.82, 2.24) is 9.88 Å². The summed E-state index contributed by atoms with van der Waals surface area (Å²) in [6.45, 7) is 4.50. The summed E-state index contributed by atoms with van der Waals surface area (Å²) in [6.07, 6.45) is 0. The number of anilines is 1. The molecular weight excluding hydrogens is 466 g/mol. The minimum atomic E-state index is -0.356. The number of hydrogen-bond donors (Lipinski definition) is 2. The smallest absolute Gasteiger partial charge is 0.322 e. The second-order valence-corrected chi connectivity index (χ2v) is 9.03. The molecule has 0 saturated carbocycles. The van der Waals surface area contributed by atoms with Gasteiger partial charge >= 0.3 is 6.03 Å². The molecule has 0 fully saturated rings. The zero-order valence-corrected chi connectivity index (χ0v) is 20.1. The number of fused-ring (bicyclic) bond motifs is 2. The van der Waals surface area contributed by atoms with E-state index in [2.05, 4.69) is 10.3 Å². The van der Waals surface area contributed by atoms with E-state index in [1.165, 1.54) is 0 Å². The Hall–Kier alpha value is -3.97. The maximum atomic E-state index is 13.4. The number of carbonyl (C=O) groups excluding carboxylic acids is 1. The molecule has 3 aromatic carbocycles. The van der Waals surface area contributed by atoms with Gasteiger partial charge in [-0.3, -0.25) is 4.79 Å². The highest BCUT2D eigenvalue weighted by molar-refractivity contribution is 6.30. The van der Waals surface area contributed by atoms with Crippen LogP contribution in [-0.2, 0) is 13.1 Å². The minimum absolute atomic E-state index is 0.111. The van der Waals surface area contributed by atoms with Crippen molar-refractivity contribution in [3.8, 4) is 11.5 Å². The fourth-order valence-electron chi connectivity index (χ4n) is 4.17. The summed E-state index contributed by atoms with van der Waals surface area (Å²) in [5, 5.41) is 4.36. The van der Waals surface area contributed by atoms with Crippen molar-refractivity contribution in [1.29, 1.82) is 0 Å². The number of aryl methyl sites for hydroxylation is 2. The van der Waals surface area contributed by atoms with E-state index >= 15 is 0 Å². The lowest BCUT2D eigenvalue weighted by Crippen LogP contribution is -2.35. The van der Waals surface area contributed by atoms with Gasteiger partial charge in [0.1, 0.15) is 0 Å². The lowest BCUT2D eigenvalue weighted by atomic mass is 10.0. The Kier molecular flexibility index (Phi) is 6.09. The molecule has 2 N–H and O–H groups in total. The van der Waals surface area contributed by atoms with Gasteiger partial charge in [0.15, 0.2) is 11.5 Å². The second kappa shape index (κ2) is 9.35. The summed E-state index contributed by atoms with van der Waals surface area (Å²) < 4.78 is 10.9. The highest BCUT2D eigenvalue weighted by atomic mass is 35.5. The first-order chi connectivity index (χ1) is 16.9. The highest BCUT2D eigenvalue weighted by Gasteiger charge is 2.20. The maximum absolute atomic E-state index is 13.4. The van der Waals surface area contributed by atoms with Gasteiger partial charge in [0.25, 0.3) is 5.56 Å². The molecule has 0 atom stereocenters. The van der Waals surface area contributed by atoms with Gasteiger partial charge in [-0.15, -0.1) is 0 Å². The van der Waals surface area contributed by atoms with Crippen LogP contribution in [0.3, 0.4) is 0 Å². The zero-order valence-electron chi connectivity index (χ0n) is 19.4. The zero-order chi connectivity index (χ0) is 24.5. The molecule has 5 rings (SSSR count). The number of aromatic nitrogens is 1. The van der Waals surface area contributed by atoms with Crippen LogP contribution >= 0.6 is 11.6 Å². The third-order valence-electron chi connectivity index (χ3n) is 6.06. The van der Waals surface area contributed by atoms with E-state index in [0.717, 1.165) is 27.6 Å². The van der Waals surface area contributed by atoms with Crippen molar-refractivity contribution in [3.63, 3.8) is 0 Å². The molecule has 0 spiro atoms. The van der Waals surface area contributed by atoms with Gasteiger partial charge in [0.05, 0.1) is 12.1 Å². The number of urea groups is 1. The van der Waals surface area contributed by atoms with Crippen LogP contribution in [0.5, 0.6) is 11.5 Å². The lowest BCUT2D eigenvalue weighted by molar-refractivity contribution is 0.174. The van der Waals surface area contributed by atoms with Crippen LogP contribution in [-0.4, -0.2) is 22.7 Å². The number of pyridine rings is 1. The predicted molar refractivity (Wildman–Crippen MR) is 136 cm³/mol. The quantitative estimate of drug-likeness (QED) is 0.373. The van der Waals surface area contributed by atoms with Gasteiger partial charge in [-0.25, -0.2) is 4.79 Å². The van der Waals surface area contributed by atoms with Gasteiger partial charge in [-0.2, -0.15) is 0 Å². The van der Waals surface area contributed by atoms with E-state index in [-0.39, 0.29) is 31.5 Å². The number of hydrogen-bond acceptors (Lipinski definition) is 4. The molecule has 0 unspecified atom stereocenters. The summed E-state index contributed by atoms with van der Waals surface area (Å²) in [5.41, 5.74) is 4.53. The molecule has 1 aromatic heterocycles. The van der Waals surface area contributed by atoms with Crippen LogP contribution in [0.4, 0.5) is 10.5 Å². The predicted octanol–water partition coefficient (Wildman–Crippen LogP) is 5.76. The number of carbonyl (C=O) groups is 1. The molecule has 2 heterocycles. The van der Waals surface area contributed by atoms with Crippen molar-refractivity contribution in [2.75, 3.05) is 12.1 Å². The first kappa shape index (κ1) is 22.8. The van der Waals surface area contributed by atoms with Gasteiger partial charge in [0.2, 0.25) is 6.79 Å². The maximum Gasteiger partial charge on any atom is 0.322 e. The standard InChI is InChI=1S/C27H24ClN3O4/c1-16-6-7-17(2)25-22(16)11-19(26(32)30-25)14-31(27(33)29-21-5-3-4-20(28)12-21)13-18-8-9-23-24(10-18)35-15-34-23/h3-12H,13-15H2,1-2H3,(H,29,33)(H,30,32). The highest BCUT2D eigenvalue weighted by Crippen LogP contribution is 2.33. The molecular formula is C27H24ClN3O4. The average Bonchev–Trinajstić information content (AvgIpc) is 3.30. The molecule has 4 aromatic rings. The summed E-state index contributed by atoms with van der Waals surface area (Å²) in [6, 6.07) is 18.0. The average molecular weight is 490 g/mol. The molecule has 0 radical (unpaired) electrons. The van der Waals surface area contributed by atoms with Crippen LogP contribution in [0, 0.1) is 13.8 Å². The Labute approximate surface area is 207 Å². The Balaban J connectivity index is 1.49. The summed E-state index contributed by atoms with van der Waals surface area (Å²) in [7, 11) is 0. The van der Waals surface area contributed by atoms with E-state index in [1.807, 2.05) is 50.2 Å². The number of H-pyrrole nitrogens is 1. The van der Waals surface area contributed by atoms with Gasteiger partial charge in [-0.1, -0.05) is 35.9 Å². The van der Waals surface area contributed by atoms with Gasteiger partial charge in [0, 0.05) is 28.2 Å². The van der Waals surface area contributed by atoms with Crippen LogP contribution < -0.4 is 20.3 Å². The number of benzene rings is 3. The van der Waals surface area contributed by atoms with E-state index in [9.17, 15) is 9.59 Å². The van der Waals surface area contributed by atoms with Gasteiger partial charge < -0.3 is 24.7 Å². The Morgan fingerprint density at radius 2 is 1.80 bits per heavy atom. The molecule has 8 heteroatoms. The lowest BCUT2D eigenvalue weighted by Gasteiger charge is -2.24. The van der Waals surface area contributed by atoms with Crippen molar-refractivity contribution in [2.45, 2.75) is 26.9 Å². The Morgan fingerprint density at radius 3 is 2.63 bits per heavy atom.